The summed E-state index contributed by atoms with van der Waals surface area (Å²) in [4.78, 5) is 50.2. The van der Waals surface area contributed by atoms with Crippen LogP contribution in [0.2, 0.25) is 0 Å². The van der Waals surface area contributed by atoms with Crippen molar-refractivity contribution in [1.82, 2.24) is 29.1 Å². The minimum absolute atomic E-state index is 0.138. The summed E-state index contributed by atoms with van der Waals surface area (Å²) in [5.41, 5.74) is 0.872. The maximum Gasteiger partial charge on any atom is 0.329 e. The van der Waals surface area contributed by atoms with E-state index in [9.17, 15) is 14.4 Å². The van der Waals surface area contributed by atoms with Crippen molar-refractivity contribution in [2.75, 3.05) is 5.32 Å². The maximum absolute atomic E-state index is 12.6. The average Bonchev–Trinajstić information content (AvgIpc) is 3.26. The molecule has 30 heavy (non-hydrogen) atoms. The van der Waals surface area contributed by atoms with Gasteiger partial charge in [0.2, 0.25) is 11.9 Å². The second-order valence-electron chi connectivity index (χ2n) is 8.18. The van der Waals surface area contributed by atoms with Gasteiger partial charge in [0.1, 0.15) is 11.3 Å². The second-order valence-corrected chi connectivity index (χ2v) is 8.18. The van der Waals surface area contributed by atoms with Gasteiger partial charge in [-0.15, -0.1) is 0 Å². The van der Waals surface area contributed by atoms with Crippen molar-refractivity contribution in [2.24, 2.45) is 7.05 Å². The minimum atomic E-state index is -0.538. The molecule has 0 aliphatic rings. The van der Waals surface area contributed by atoms with Gasteiger partial charge >= 0.3 is 5.69 Å². The van der Waals surface area contributed by atoms with Crippen LogP contribution in [0.5, 0.6) is 0 Å². The van der Waals surface area contributed by atoms with Gasteiger partial charge in [-0.05, 0) is 32.9 Å². The first-order valence-electron chi connectivity index (χ1n) is 9.61. The predicted octanol–water partition coefficient (Wildman–Crippen LogP) is 1.63. The van der Waals surface area contributed by atoms with Crippen molar-refractivity contribution in [3.8, 4) is 0 Å². The van der Waals surface area contributed by atoms with Crippen molar-refractivity contribution < 1.29 is 4.79 Å². The Morgan fingerprint density at radius 3 is 2.60 bits per heavy atom. The van der Waals surface area contributed by atoms with E-state index in [1.807, 2.05) is 49.6 Å². The number of benzene rings is 1. The fourth-order valence-corrected chi connectivity index (χ4v) is 3.48. The second kappa shape index (κ2) is 6.97. The molecule has 0 unspecified atom stereocenters. The number of aromatic amines is 2. The van der Waals surface area contributed by atoms with Gasteiger partial charge in [0.15, 0.2) is 5.65 Å². The predicted molar refractivity (Wildman–Crippen MR) is 114 cm³/mol. The molecule has 4 aromatic rings. The number of amides is 1. The van der Waals surface area contributed by atoms with E-state index in [0.29, 0.717) is 11.8 Å². The number of H-pyrrole nitrogens is 2. The molecule has 0 radical (unpaired) electrons. The lowest BCUT2D eigenvalue weighted by atomic mass is 10.1. The quantitative estimate of drug-likeness (QED) is 0.471. The lowest BCUT2D eigenvalue weighted by Gasteiger charge is -2.24. The number of nitrogens with zero attached hydrogens (tertiary/aromatic N) is 4. The van der Waals surface area contributed by atoms with Crippen LogP contribution in [0.4, 0.5) is 5.95 Å². The molecule has 0 spiro atoms. The van der Waals surface area contributed by atoms with Gasteiger partial charge < -0.3 is 9.55 Å². The third kappa shape index (κ3) is 3.40. The zero-order chi connectivity index (χ0) is 21.6. The number of carbonyl (C=O) groups excluding carboxylic acids is 1. The molecule has 0 saturated heterocycles. The molecule has 0 bridgehead atoms. The molecule has 0 fully saturated rings. The van der Waals surface area contributed by atoms with Crippen LogP contribution < -0.4 is 16.6 Å². The summed E-state index contributed by atoms with van der Waals surface area (Å²) in [6.07, 6.45) is 0.420. The topological polar surface area (TPSA) is 130 Å². The highest BCUT2D eigenvalue weighted by atomic mass is 16.2. The first-order chi connectivity index (χ1) is 14.1. The molecule has 0 aliphatic heterocycles. The SMILES string of the molecule is Cn1c(=O)[nH]c(=O)c2[nH]c(CCC(=O)Nc3nc4ccccc4n3C(C)(C)C)nc21. The van der Waals surface area contributed by atoms with Crippen LogP contribution in [-0.4, -0.2) is 35.0 Å². The molecule has 3 N–H and O–H groups in total. The highest BCUT2D eigenvalue weighted by Gasteiger charge is 2.22. The van der Waals surface area contributed by atoms with Gasteiger partial charge in [-0.3, -0.25) is 24.5 Å². The number of aromatic nitrogens is 6. The summed E-state index contributed by atoms with van der Waals surface area (Å²) in [5.74, 6) is 0.715. The van der Waals surface area contributed by atoms with E-state index in [4.69, 9.17) is 0 Å². The summed E-state index contributed by atoms with van der Waals surface area (Å²) in [6.45, 7) is 6.15. The molecule has 4 rings (SSSR count). The molecule has 0 atom stereocenters. The largest absolute Gasteiger partial charge is 0.336 e. The van der Waals surface area contributed by atoms with Crippen LogP contribution in [0.25, 0.3) is 22.2 Å². The Bertz CT molecular complexity index is 1380. The minimum Gasteiger partial charge on any atom is -0.336 e. The monoisotopic (exact) mass is 409 g/mol. The Labute approximate surface area is 171 Å². The van der Waals surface area contributed by atoms with Gasteiger partial charge in [-0.2, -0.15) is 0 Å². The van der Waals surface area contributed by atoms with Gasteiger partial charge in [0.05, 0.1) is 11.0 Å². The summed E-state index contributed by atoms with van der Waals surface area (Å²) >= 11 is 0. The van der Waals surface area contributed by atoms with Crippen LogP contribution in [0, 0.1) is 0 Å². The van der Waals surface area contributed by atoms with E-state index in [-0.39, 0.29) is 35.5 Å². The highest BCUT2D eigenvalue weighted by molar-refractivity contribution is 5.91. The molecular weight excluding hydrogens is 386 g/mol. The molecule has 1 amide bonds. The molecule has 0 saturated carbocycles. The number of aryl methyl sites for hydroxylation is 2. The molecule has 0 aliphatic carbocycles. The van der Waals surface area contributed by atoms with Crippen molar-refractivity contribution in [3.05, 3.63) is 50.9 Å². The Morgan fingerprint density at radius 1 is 1.13 bits per heavy atom. The third-order valence-corrected chi connectivity index (χ3v) is 4.88. The molecule has 3 aromatic heterocycles. The Kier molecular flexibility index (Phi) is 4.56. The summed E-state index contributed by atoms with van der Waals surface area (Å²) < 4.78 is 3.25. The van der Waals surface area contributed by atoms with Crippen molar-refractivity contribution >= 4 is 34.1 Å². The number of carbonyl (C=O) groups is 1. The lowest BCUT2D eigenvalue weighted by molar-refractivity contribution is -0.116. The van der Waals surface area contributed by atoms with E-state index in [1.165, 1.54) is 11.6 Å². The average molecular weight is 409 g/mol. The molecule has 10 heteroatoms. The highest BCUT2D eigenvalue weighted by Crippen LogP contribution is 2.28. The van der Waals surface area contributed by atoms with E-state index in [2.05, 4.69) is 25.3 Å². The summed E-state index contributed by atoms with van der Waals surface area (Å²) in [5, 5.41) is 2.89. The Hall–Kier alpha value is -3.69. The van der Waals surface area contributed by atoms with Gasteiger partial charge in [0.25, 0.3) is 5.56 Å². The van der Waals surface area contributed by atoms with Gasteiger partial charge in [-0.1, -0.05) is 12.1 Å². The van der Waals surface area contributed by atoms with Crippen LogP contribution in [-0.2, 0) is 23.8 Å². The number of imidazole rings is 2. The van der Waals surface area contributed by atoms with Gasteiger partial charge in [-0.25, -0.2) is 14.8 Å². The fraction of sp³-hybridized carbons (Fsp3) is 0.350. The number of hydrogen-bond donors (Lipinski definition) is 3. The van der Waals surface area contributed by atoms with E-state index in [1.54, 1.807) is 0 Å². The zero-order valence-electron chi connectivity index (χ0n) is 17.2. The number of anilines is 1. The summed E-state index contributed by atoms with van der Waals surface area (Å²) in [7, 11) is 1.52. The van der Waals surface area contributed by atoms with Crippen molar-refractivity contribution in [1.29, 1.82) is 0 Å². The number of para-hydroxylation sites is 2. The van der Waals surface area contributed by atoms with E-state index in [0.717, 1.165) is 11.0 Å². The number of nitrogens with one attached hydrogen (secondary N) is 3. The van der Waals surface area contributed by atoms with Crippen LogP contribution in [0.3, 0.4) is 0 Å². The summed E-state index contributed by atoms with van der Waals surface area (Å²) in [6, 6.07) is 7.72. The Morgan fingerprint density at radius 2 is 1.87 bits per heavy atom. The molecule has 1 aromatic carbocycles. The first-order valence-corrected chi connectivity index (χ1v) is 9.61. The zero-order valence-corrected chi connectivity index (χ0v) is 17.2. The van der Waals surface area contributed by atoms with E-state index < -0.39 is 11.2 Å². The van der Waals surface area contributed by atoms with Crippen LogP contribution >= 0.6 is 0 Å². The number of hydrogen-bond acceptors (Lipinski definition) is 5. The first kappa shape index (κ1) is 19.6. The normalized spacial score (nSPS) is 12.0. The Balaban J connectivity index is 1.56. The van der Waals surface area contributed by atoms with E-state index >= 15 is 0 Å². The van der Waals surface area contributed by atoms with Gasteiger partial charge in [0, 0.05) is 25.4 Å². The maximum atomic E-state index is 12.6. The molecule has 156 valence electrons. The molecule has 10 nitrogen and oxygen atoms in total. The number of rotatable bonds is 4. The van der Waals surface area contributed by atoms with Crippen LogP contribution in [0.1, 0.15) is 33.0 Å². The molecule has 3 heterocycles. The van der Waals surface area contributed by atoms with Crippen molar-refractivity contribution in [2.45, 2.75) is 39.2 Å². The third-order valence-electron chi connectivity index (χ3n) is 4.88. The smallest absolute Gasteiger partial charge is 0.329 e. The number of fused-ring (bicyclic) bond motifs is 2. The molecular formula is C20H23N7O3. The standard InChI is InChI=1S/C20H23N7O3/c1-20(2,3)27-12-8-6-5-7-11(12)21-18(27)24-14(28)10-9-13-22-15-16(23-13)26(4)19(30)25-17(15)29/h5-8H,9-10H2,1-4H3,(H,22,23)(H,21,24,28)(H,25,29,30). The lowest BCUT2D eigenvalue weighted by Crippen LogP contribution is -2.28. The fourth-order valence-electron chi connectivity index (χ4n) is 3.48. The van der Waals surface area contributed by atoms with Crippen molar-refractivity contribution in [3.63, 3.8) is 0 Å². The van der Waals surface area contributed by atoms with Crippen LogP contribution in [0.15, 0.2) is 33.9 Å².